The smallest absolute Gasteiger partial charge is 0.264 e. The number of aliphatic hydroxyl groups is 1. The van der Waals surface area contributed by atoms with Crippen LogP contribution >= 0.6 is 0 Å². The number of aryl methyl sites for hydroxylation is 1. The van der Waals surface area contributed by atoms with Crippen LogP contribution in [-0.2, 0) is 39.4 Å². The molecule has 2 amide bonds. The van der Waals surface area contributed by atoms with Crippen LogP contribution in [0.2, 0.25) is 18.6 Å². The lowest BCUT2D eigenvalue weighted by Gasteiger charge is -2.39. The summed E-state index contributed by atoms with van der Waals surface area (Å²) in [5.41, 5.74) is 3.38. The van der Waals surface area contributed by atoms with Gasteiger partial charge < -0.3 is 34.4 Å². The number of aliphatic hydroxyl groups excluding tert-OH is 1. The zero-order chi connectivity index (χ0) is 43.2. The van der Waals surface area contributed by atoms with Crippen LogP contribution in [0.3, 0.4) is 0 Å². The van der Waals surface area contributed by atoms with E-state index in [1.165, 1.54) is 5.19 Å². The third-order valence-electron chi connectivity index (χ3n) is 14.2. The van der Waals surface area contributed by atoms with Gasteiger partial charge in [-0.05, 0) is 98.1 Å². The van der Waals surface area contributed by atoms with E-state index in [0.717, 1.165) is 65.6 Å². The highest BCUT2D eigenvalue weighted by atomic mass is 28.3. The summed E-state index contributed by atoms with van der Waals surface area (Å²) in [6.07, 6.45) is 4.14. The number of benzene rings is 4. The van der Waals surface area contributed by atoms with Crippen molar-refractivity contribution in [3.63, 3.8) is 0 Å². The molecule has 14 heteroatoms. The Labute approximate surface area is 364 Å². The van der Waals surface area contributed by atoms with E-state index in [4.69, 9.17) is 14.2 Å². The van der Waals surface area contributed by atoms with Gasteiger partial charge >= 0.3 is 0 Å². The van der Waals surface area contributed by atoms with Crippen LogP contribution in [0.25, 0.3) is 0 Å². The van der Waals surface area contributed by atoms with Crippen LogP contribution in [0.15, 0.2) is 103 Å². The number of carbonyl (C=O) groups excluding carboxylic acids is 2. The van der Waals surface area contributed by atoms with Gasteiger partial charge in [-0.2, -0.15) is 0 Å². The molecule has 324 valence electrons. The predicted molar refractivity (Wildman–Crippen MR) is 242 cm³/mol. The third-order valence-corrected chi connectivity index (χ3v) is 18.5. The molecule has 0 bridgehead atoms. The lowest BCUT2D eigenvalue weighted by molar-refractivity contribution is -0.146. The first kappa shape index (κ1) is 41.8. The number of anilines is 3. The number of aromatic nitrogens is 3. The zero-order valence-electron chi connectivity index (χ0n) is 36.3. The fraction of sp³-hybridized carbons (Fsp3) is 0.417. The van der Waals surface area contributed by atoms with Gasteiger partial charge in [-0.25, -0.2) is 0 Å². The summed E-state index contributed by atoms with van der Waals surface area (Å²) in [5.74, 6) is 1.31. The Morgan fingerprint density at radius 2 is 1.60 bits per heavy atom. The van der Waals surface area contributed by atoms with Crippen LogP contribution in [0.1, 0.15) is 43.0 Å². The van der Waals surface area contributed by atoms with Gasteiger partial charge in [0.15, 0.2) is 5.60 Å². The van der Waals surface area contributed by atoms with E-state index in [9.17, 15) is 9.90 Å². The molecule has 0 unspecified atom stereocenters. The number of hydrogen-bond acceptors (Lipinski definition) is 10. The summed E-state index contributed by atoms with van der Waals surface area (Å²) < 4.78 is 20.5. The minimum Gasteiger partial charge on any atom is -0.497 e. The molecule has 3 saturated heterocycles. The molecule has 2 N–H and O–H groups in total. The van der Waals surface area contributed by atoms with Crippen LogP contribution in [0.4, 0.5) is 17.1 Å². The Balaban J connectivity index is 1.03. The second kappa shape index (κ2) is 16.6. The van der Waals surface area contributed by atoms with Gasteiger partial charge in [-0.3, -0.25) is 19.2 Å². The zero-order valence-corrected chi connectivity index (χ0v) is 37.3. The fourth-order valence-electron chi connectivity index (χ4n) is 10.9. The first-order chi connectivity index (χ1) is 30.0. The Hall–Kier alpha value is -5.54. The van der Waals surface area contributed by atoms with E-state index < -0.39 is 19.2 Å². The van der Waals surface area contributed by atoms with Crippen LogP contribution in [-0.4, -0.2) is 92.2 Å². The lowest BCUT2D eigenvalue weighted by Crippen LogP contribution is -2.55. The number of methoxy groups -OCH3 is 2. The van der Waals surface area contributed by atoms with E-state index >= 15 is 4.79 Å². The second-order valence-electron chi connectivity index (χ2n) is 17.8. The number of nitrogens with one attached hydrogen (secondary N) is 1. The van der Waals surface area contributed by atoms with E-state index in [1.807, 2.05) is 93.5 Å². The maximum atomic E-state index is 15.5. The number of ether oxygens (including phenoxy) is 3. The predicted octanol–water partition coefficient (Wildman–Crippen LogP) is 5.62. The average Bonchev–Trinajstić information content (AvgIpc) is 4.02. The second-order valence-corrected chi connectivity index (χ2v) is 22.4. The number of fused-ring (bicyclic) bond motifs is 2. The van der Waals surface area contributed by atoms with Crippen molar-refractivity contribution in [2.24, 2.45) is 5.92 Å². The Kier molecular flexibility index (Phi) is 11.2. The number of rotatable bonds is 13. The summed E-state index contributed by atoms with van der Waals surface area (Å²) in [4.78, 5) is 36.0. The highest BCUT2D eigenvalue weighted by Gasteiger charge is 2.66. The largest absolute Gasteiger partial charge is 0.497 e. The maximum absolute atomic E-state index is 15.5. The topological polar surface area (TPSA) is 135 Å². The molecule has 9 rings (SSSR count). The molecular weight excluding hydrogens is 799 g/mol. The van der Waals surface area contributed by atoms with Gasteiger partial charge in [0.25, 0.3) is 11.8 Å². The molecule has 5 aromatic rings. The number of hydrogen-bond donors (Lipinski definition) is 2. The number of para-hydroxylation sites is 1. The molecule has 0 radical (unpaired) electrons. The number of carbonyl (C=O) groups is 2. The monoisotopic (exact) mass is 855 g/mol. The quantitative estimate of drug-likeness (QED) is 0.144. The first-order valence-corrected chi connectivity index (χ1v) is 24.9. The maximum Gasteiger partial charge on any atom is 0.264 e. The SMILES string of the molecule is COc1ccc([Si](C)(C)[C@@H]2[C@@H](CCn3cc(CCO)nn3)O[C@]3(C(=O)N(Cc4ccc(N5CN(c6ccccc6)C6(CCNCC6)C5=O)cc4)c4ccc(OC)cc43)[C@H]2C)cc1. The molecule has 4 aliphatic rings. The van der Waals surface area contributed by atoms with Gasteiger partial charge in [0, 0.05) is 48.6 Å². The Morgan fingerprint density at radius 3 is 2.29 bits per heavy atom. The lowest BCUT2D eigenvalue weighted by atomic mass is 9.82. The summed E-state index contributed by atoms with van der Waals surface area (Å²) in [6, 6.07) is 32.6. The number of amides is 2. The van der Waals surface area contributed by atoms with Crippen molar-refractivity contribution in [1.82, 2.24) is 20.3 Å². The molecule has 4 aliphatic heterocycles. The summed E-state index contributed by atoms with van der Waals surface area (Å²) in [6.45, 7) is 9.88. The molecule has 4 aromatic carbocycles. The van der Waals surface area contributed by atoms with Gasteiger partial charge in [0.2, 0.25) is 0 Å². The molecule has 4 atom stereocenters. The van der Waals surface area contributed by atoms with Gasteiger partial charge in [-0.15, -0.1) is 5.10 Å². The van der Waals surface area contributed by atoms with Crippen LogP contribution in [0.5, 0.6) is 11.5 Å². The number of nitrogens with zero attached hydrogens (tertiary/aromatic N) is 6. The highest BCUT2D eigenvalue weighted by Crippen LogP contribution is 2.60. The molecule has 5 heterocycles. The van der Waals surface area contributed by atoms with E-state index in [1.54, 1.807) is 14.2 Å². The van der Waals surface area contributed by atoms with Gasteiger partial charge in [0.05, 0.1) is 53.0 Å². The van der Waals surface area contributed by atoms with Gasteiger partial charge in [-0.1, -0.05) is 72.9 Å². The summed E-state index contributed by atoms with van der Waals surface area (Å²) in [5, 5.41) is 22.8. The minimum atomic E-state index is -2.38. The van der Waals surface area contributed by atoms with Crippen LogP contribution in [0, 0.1) is 5.92 Å². The van der Waals surface area contributed by atoms with Crippen molar-refractivity contribution >= 4 is 42.1 Å². The average molecular weight is 856 g/mol. The van der Waals surface area contributed by atoms with Crippen molar-refractivity contribution in [2.45, 2.75) is 81.6 Å². The van der Waals surface area contributed by atoms with Crippen molar-refractivity contribution in [1.29, 1.82) is 0 Å². The van der Waals surface area contributed by atoms with Crippen molar-refractivity contribution in [3.8, 4) is 11.5 Å². The van der Waals surface area contributed by atoms with Crippen molar-refractivity contribution in [3.05, 3.63) is 120 Å². The van der Waals surface area contributed by atoms with Gasteiger partial charge in [0.1, 0.15) is 17.0 Å². The molecule has 13 nitrogen and oxygen atoms in total. The Morgan fingerprint density at radius 1 is 0.887 bits per heavy atom. The van der Waals surface area contributed by atoms with E-state index in [0.29, 0.717) is 38.3 Å². The number of piperidine rings is 1. The molecule has 0 aliphatic carbocycles. The first-order valence-electron chi connectivity index (χ1n) is 21.8. The molecule has 0 saturated carbocycles. The van der Waals surface area contributed by atoms with Crippen molar-refractivity contribution in [2.75, 3.05) is 55.3 Å². The molecular formula is C48H57N7O6Si. The van der Waals surface area contributed by atoms with E-state index in [-0.39, 0.29) is 36.0 Å². The minimum absolute atomic E-state index is 0.00412. The summed E-state index contributed by atoms with van der Waals surface area (Å²) >= 11 is 0. The molecule has 1 aromatic heterocycles. The molecule has 2 spiro atoms. The molecule has 3 fully saturated rings. The van der Waals surface area contributed by atoms with E-state index in [2.05, 4.69) is 64.8 Å². The normalized spacial score (nSPS) is 23.2. The standard InChI is InChI=1S/C48H57N7O6Si/c1-33-44(62(4,5)40-18-15-38(59-2)16-19-40)43(21-27-52-31-35(22-28-56)50-51-52)61-48(33)41-29-39(60-3)17-20-42(41)53(46(48)58)30-34-11-13-36(14-12-34)54-32-55(37-9-7-6-8-10-37)47(45(54)57)23-25-49-26-24-47/h6-20,29,31,33,43-44,49,56H,21-28,30,32H2,1-5H3/t33-,43+,44-,48+/m0/s1. The highest BCUT2D eigenvalue weighted by molar-refractivity contribution is 6.91. The van der Waals surface area contributed by atoms with Crippen LogP contribution < -0.4 is 34.7 Å². The van der Waals surface area contributed by atoms with Crippen molar-refractivity contribution < 1.29 is 28.9 Å². The Bertz CT molecular complexity index is 2400. The fourth-order valence-corrected chi connectivity index (χ4v) is 15.0. The molecule has 62 heavy (non-hydrogen) atoms. The third kappa shape index (κ3) is 6.97. The summed E-state index contributed by atoms with van der Waals surface area (Å²) in [7, 11) is 0.941.